The topological polar surface area (TPSA) is 44.8 Å². The van der Waals surface area contributed by atoms with Crippen LogP contribution in [-0.2, 0) is 0 Å². The van der Waals surface area contributed by atoms with E-state index in [0.717, 1.165) is 10.8 Å². The van der Waals surface area contributed by atoms with Crippen molar-refractivity contribution >= 4 is 16.6 Å². The van der Waals surface area contributed by atoms with Crippen molar-refractivity contribution in [3.63, 3.8) is 0 Å². The van der Waals surface area contributed by atoms with Crippen molar-refractivity contribution in [2.45, 2.75) is 19.4 Å². The fourth-order valence-electron chi connectivity index (χ4n) is 2.74. The molecule has 0 amide bonds. The fraction of sp³-hybridized carbons (Fsp3) is 0.312. The summed E-state index contributed by atoms with van der Waals surface area (Å²) in [6.45, 7) is 1.88. The molecule has 0 aliphatic carbocycles. The maximum Gasteiger partial charge on any atom is 0.176 e. The first-order valence-corrected chi connectivity index (χ1v) is 6.54. The molecule has 0 spiro atoms. The number of fused-ring (bicyclic) bond motifs is 2. The number of Topliss-reactive ketones (excluding diaryl/α,β-unsaturated/α-hetero) is 1. The lowest BCUT2D eigenvalue weighted by atomic mass is 9.95. The second-order valence-electron chi connectivity index (χ2n) is 4.87. The molecule has 3 rings (SSSR count). The van der Waals surface area contributed by atoms with Crippen molar-refractivity contribution in [2.24, 2.45) is 0 Å². The number of ether oxygens (including phenoxy) is 3. The Kier molecular flexibility index (Phi) is 3.01. The Labute approximate surface area is 117 Å². The van der Waals surface area contributed by atoms with Crippen LogP contribution in [0.2, 0.25) is 0 Å². The minimum Gasteiger partial charge on any atom is -0.495 e. The summed E-state index contributed by atoms with van der Waals surface area (Å²) < 4.78 is 16.8. The smallest absolute Gasteiger partial charge is 0.176 e. The largest absolute Gasteiger partial charge is 0.495 e. The molecular formula is C16H16O4. The molecule has 4 nitrogen and oxygen atoms in total. The van der Waals surface area contributed by atoms with E-state index in [1.165, 1.54) is 0 Å². The van der Waals surface area contributed by atoms with Crippen LogP contribution in [0.1, 0.15) is 23.7 Å². The summed E-state index contributed by atoms with van der Waals surface area (Å²) in [6.07, 6.45) is 0.194. The number of hydrogen-bond donors (Lipinski definition) is 0. The van der Waals surface area contributed by atoms with Crippen LogP contribution < -0.4 is 14.2 Å². The van der Waals surface area contributed by atoms with Gasteiger partial charge >= 0.3 is 0 Å². The van der Waals surface area contributed by atoms with Gasteiger partial charge in [-0.05, 0) is 6.92 Å². The van der Waals surface area contributed by atoms with Crippen molar-refractivity contribution in [1.29, 1.82) is 0 Å². The Morgan fingerprint density at radius 3 is 2.30 bits per heavy atom. The predicted molar refractivity (Wildman–Crippen MR) is 76.1 cm³/mol. The Hall–Kier alpha value is -2.23. The van der Waals surface area contributed by atoms with E-state index >= 15 is 0 Å². The van der Waals surface area contributed by atoms with E-state index in [1.807, 2.05) is 31.2 Å². The maximum absolute atomic E-state index is 12.4. The van der Waals surface area contributed by atoms with Gasteiger partial charge in [0.25, 0.3) is 0 Å². The molecule has 1 aliphatic heterocycles. The minimum atomic E-state index is -0.158. The van der Waals surface area contributed by atoms with Gasteiger partial charge in [-0.1, -0.05) is 24.3 Å². The van der Waals surface area contributed by atoms with Crippen molar-refractivity contribution in [3.05, 3.63) is 29.8 Å². The molecule has 1 aliphatic rings. The predicted octanol–water partition coefficient (Wildman–Crippen LogP) is 3.21. The highest BCUT2D eigenvalue weighted by molar-refractivity contribution is 6.11. The summed E-state index contributed by atoms with van der Waals surface area (Å²) in [5.74, 6) is 1.68. The van der Waals surface area contributed by atoms with Gasteiger partial charge in [-0.3, -0.25) is 4.79 Å². The SMILES string of the molecule is COc1c2c(c(OC)c3ccccc13)C(=O)CC(C)O2. The third-order valence-electron chi connectivity index (χ3n) is 3.56. The van der Waals surface area contributed by atoms with E-state index in [2.05, 4.69) is 0 Å². The molecule has 104 valence electrons. The third-order valence-corrected chi connectivity index (χ3v) is 3.56. The number of carbonyl (C=O) groups excluding carboxylic acids is 1. The molecule has 2 aromatic rings. The normalized spacial score (nSPS) is 17.6. The number of benzene rings is 2. The van der Waals surface area contributed by atoms with E-state index < -0.39 is 0 Å². The summed E-state index contributed by atoms with van der Waals surface area (Å²) in [5, 5.41) is 1.74. The Morgan fingerprint density at radius 2 is 1.70 bits per heavy atom. The van der Waals surface area contributed by atoms with Gasteiger partial charge in [0.2, 0.25) is 0 Å². The highest BCUT2D eigenvalue weighted by atomic mass is 16.5. The van der Waals surface area contributed by atoms with E-state index in [-0.39, 0.29) is 11.9 Å². The lowest BCUT2D eigenvalue weighted by molar-refractivity contribution is 0.0860. The lowest BCUT2D eigenvalue weighted by Gasteiger charge is -2.26. The first kappa shape index (κ1) is 12.8. The van der Waals surface area contributed by atoms with Crippen LogP contribution in [0, 0.1) is 0 Å². The van der Waals surface area contributed by atoms with Crippen molar-refractivity contribution < 1.29 is 19.0 Å². The van der Waals surface area contributed by atoms with Crippen LogP contribution in [0.4, 0.5) is 0 Å². The third kappa shape index (κ3) is 1.72. The number of hydrogen-bond acceptors (Lipinski definition) is 4. The summed E-state index contributed by atoms with van der Waals surface area (Å²) in [4.78, 5) is 12.4. The van der Waals surface area contributed by atoms with Crippen LogP contribution in [-0.4, -0.2) is 26.1 Å². The quantitative estimate of drug-likeness (QED) is 0.842. The average Bonchev–Trinajstić information content (AvgIpc) is 2.44. The Balaban J connectivity index is 2.45. The number of rotatable bonds is 2. The summed E-state index contributed by atoms with van der Waals surface area (Å²) in [6, 6.07) is 7.69. The molecule has 4 heteroatoms. The lowest BCUT2D eigenvalue weighted by Crippen LogP contribution is -2.25. The number of ketones is 1. The monoisotopic (exact) mass is 272 g/mol. The van der Waals surface area contributed by atoms with Crippen molar-refractivity contribution in [3.8, 4) is 17.2 Å². The molecule has 1 atom stereocenters. The second kappa shape index (κ2) is 4.71. The summed E-state index contributed by atoms with van der Waals surface area (Å²) in [5.41, 5.74) is 0.487. The van der Waals surface area contributed by atoms with Crippen LogP contribution in [0.5, 0.6) is 17.2 Å². The highest BCUT2D eigenvalue weighted by Crippen LogP contribution is 2.48. The van der Waals surface area contributed by atoms with Crippen molar-refractivity contribution in [1.82, 2.24) is 0 Å². The second-order valence-corrected chi connectivity index (χ2v) is 4.87. The molecule has 2 aromatic carbocycles. The molecule has 1 heterocycles. The highest BCUT2D eigenvalue weighted by Gasteiger charge is 2.32. The summed E-state index contributed by atoms with van der Waals surface area (Å²) in [7, 11) is 3.15. The maximum atomic E-state index is 12.4. The van der Waals surface area contributed by atoms with Gasteiger partial charge in [0.1, 0.15) is 17.4 Å². The van der Waals surface area contributed by atoms with E-state index in [9.17, 15) is 4.79 Å². The zero-order valence-electron chi connectivity index (χ0n) is 11.7. The molecule has 0 saturated heterocycles. The Bertz CT molecular complexity index is 690. The van der Waals surface area contributed by atoms with Crippen LogP contribution in [0.15, 0.2) is 24.3 Å². The van der Waals surface area contributed by atoms with Gasteiger partial charge in [-0.2, -0.15) is 0 Å². The molecule has 1 unspecified atom stereocenters. The summed E-state index contributed by atoms with van der Waals surface area (Å²) >= 11 is 0. The molecule has 0 N–H and O–H groups in total. The van der Waals surface area contributed by atoms with E-state index in [1.54, 1.807) is 14.2 Å². The van der Waals surface area contributed by atoms with E-state index in [0.29, 0.717) is 29.2 Å². The van der Waals surface area contributed by atoms with Crippen LogP contribution in [0.25, 0.3) is 10.8 Å². The zero-order chi connectivity index (χ0) is 14.3. The zero-order valence-corrected chi connectivity index (χ0v) is 11.7. The molecule has 0 fully saturated rings. The number of carbonyl (C=O) groups is 1. The van der Waals surface area contributed by atoms with Gasteiger partial charge in [0, 0.05) is 17.2 Å². The molecule has 0 saturated carbocycles. The standard InChI is InChI=1S/C16H16O4/c1-9-8-12(17)13-14(18-2)10-6-4-5-7-11(10)15(19-3)16(13)20-9/h4-7,9H,8H2,1-3H3. The van der Waals surface area contributed by atoms with Crippen molar-refractivity contribution in [2.75, 3.05) is 14.2 Å². The number of methoxy groups -OCH3 is 2. The first-order valence-electron chi connectivity index (χ1n) is 6.54. The van der Waals surface area contributed by atoms with E-state index in [4.69, 9.17) is 14.2 Å². The van der Waals surface area contributed by atoms with Gasteiger partial charge in [-0.25, -0.2) is 0 Å². The molecule has 0 radical (unpaired) electrons. The first-order chi connectivity index (χ1) is 9.67. The Morgan fingerprint density at radius 1 is 1.10 bits per heavy atom. The molecular weight excluding hydrogens is 256 g/mol. The molecule has 20 heavy (non-hydrogen) atoms. The van der Waals surface area contributed by atoms with Crippen LogP contribution in [0.3, 0.4) is 0 Å². The van der Waals surface area contributed by atoms with Gasteiger partial charge in [-0.15, -0.1) is 0 Å². The van der Waals surface area contributed by atoms with Gasteiger partial charge in [0.15, 0.2) is 17.3 Å². The van der Waals surface area contributed by atoms with Gasteiger partial charge < -0.3 is 14.2 Å². The van der Waals surface area contributed by atoms with Gasteiger partial charge in [0.05, 0.1) is 14.2 Å². The van der Waals surface area contributed by atoms with Crippen LogP contribution >= 0.6 is 0 Å². The average molecular weight is 272 g/mol. The molecule has 0 bridgehead atoms. The molecule has 0 aromatic heterocycles. The minimum absolute atomic E-state index is 0.0275. The fourth-order valence-corrected chi connectivity index (χ4v) is 2.74.